The van der Waals surface area contributed by atoms with Crippen molar-refractivity contribution in [3.05, 3.63) is 65.1 Å². The topological polar surface area (TPSA) is 110 Å². The van der Waals surface area contributed by atoms with Crippen molar-refractivity contribution in [3.8, 4) is 5.75 Å². The van der Waals surface area contributed by atoms with Crippen molar-refractivity contribution < 1.29 is 18.8 Å². The Morgan fingerprint density at radius 2 is 2.12 bits per heavy atom. The molecular weight excluding hydrogens is 422 g/mol. The van der Waals surface area contributed by atoms with Crippen LogP contribution >= 0.6 is 0 Å². The fraction of sp³-hybridized carbons (Fsp3) is 0.375. The molecule has 2 amide bonds. The lowest BCUT2D eigenvalue weighted by atomic mass is 10.1. The van der Waals surface area contributed by atoms with Gasteiger partial charge in [0.05, 0.1) is 24.1 Å². The van der Waals surface area contributed by atoms with Crippen molar-refractivity contribution in [2.24, 2.45) is 0 Å². The van der Waals surface area contributed by atoms with E-state index in [0.717, 1.165) is 25.0 Å². The molecule has 0 unspecified atom stereocenters. The summed E-state index contributed by atoms with van der Waals surface area (Å²) >= 11 is 0. The molecule has 1 N–H and O–H groups in total. The molecule has 4 rings (SSSR count). The summed E-state index contributed by atoms with van der Waals surface area (Å²) in [7, 11) is 1.55. The van der Waals surface area contributed by atoms with Gasteiger partial charge in [-0.2, -0.15) is 0 Å². The first kappa shape index (κ1) is 22.4. The van der Waals surface area contributed by atoms with Gasteiger partial charge in [-0.25, -0.2) is 9.97 Å². The number of hydrogen-bond acceptors (Lipinski definition) is 7. The van der Waals surface area contributed by atoms with Gasteiger partial charge in [0.25, 0.3) is 11.8 Å². The number of anilines is 1. The number of hydrogen-bond donors (Lipinski definition) is 1. The van der Waals surface area contributed by atoms with Crippen LogP contribution in [0.3, 0.4) is 0 Å². The quantitative estimate of drug-likeness (QED) is 0.586. The van der Waals surface area contributed by atoms with E-state index < -0.39 is 0 Å². The number of carbonyl (C=O) groups excluding carboxylic acids is 2. The number of benzene rings is 1. The second-order valence-electron chi connectivity index (χ2n) is 8.05. The lowest BCUT2D eigenvalue weighted by Crippen LogP contribution is -2.29. The SMILES string of the molecule is CCCc1cc(C(=O)N2CC[C@H](c3ncc(C(=O)Nc4ccccc4OC)c(C)n3)C2)no1. The number of methoxy groups -OCH3 is 1. The predicted molar refractivity (Wildman–Crippen MR) is 121 cm³/mol. The fourth-order valence-corrected chi connectivity index (χ4v) is 3.94. The van der Waals surface area contributed by atoms with Crippen LogP contribution in [-0.2, 0) is 6.42 Å². The van der Waals surface area contributed by atoms with Gasteiger partial charge in [-0.15, -0.1) is 0 Å². The standard InChI is InChI=1S/C24H27N5O4/c1-4-7-17-12-20(28-33-17)24(31)29-11-10-16(14-29)22-25-13-18(15(2)26-22)23(30)27-19-8-5-6-9-21(19)32-3/h5-6,8-9,12-13,16H,4,7,10-11,14H2,1-3H3,(H,27,30)/t16-/m0/s1. The smallest absolute Gasteiger partial charge is 0.276 e. The Labute approximate surface area is 192 Å². The minimum atomic E-state index is -0.305. The Bertz CT molecular complexity index is 1160. The average Bonchev–Trinajstić information content (AvgIpc) is 3.49. The number of rotatable bonds is 7. The van der Waals surface area contributed by atoms with Gasteiger partial charge in [0, 0.05) is 37.7 Å². The van der Waals surface area contributed by atoms with Crippen LogP contribution in [0.15, 0.2) is 41.1 Å². The molecule has 0 bridgehead atoms. The van der Waals surface area contributed by atoms with Crippen LogP contribution < -0.4 is 10.1 Å². The Balaban J connectivity index is 1.42. The predicted octanol–water partition coefficient (Wildman–Crippen LogP) is 3.62. The summed E-state index contributed by atoms with van der Waals surface area (Å²) < 4.78 is 10.5. The van der Waals surface area contributed by atoms with Gasteiger partial charge >= 0.3 is 0 Å². The number of nitrogens with zero attached hydrogens (tertiary/aromatic N) is 4. The molecule has 3 heterocycles. The minimum Gasteiger partial charge on any atom is -0.495 e. The fourth-order valence-electron chi connectivity index (χ4n) is 3.94. The molecule has 9 heteroatoms. The highest BCUT2D eigenvalue weighted by Crippen LogP contribution is 2.27. The van der Waals surface area contributed by atoms with Crippen LogP contribution in [0, 0.1) is 6.92 Å². The molecule has 172 valence electrons. The summed E-state index contributed by atoms with van der Waals surface area (Å²) in [5.74, 6) is 1.47. The molecular formula is C24H27N5O4. The highest BCUT2D eigenvalue weighted by atomic mass is 16.5. The Hall–Kier alpha value is -3.75. The van der Waals surface area contributed by atoms with Crippen molar-refractivity contribution >= 4 is 17.5 Å². The Morgan fingerprint density at radius 1 is 1.30 bits per heavy atom. The molecule has 0 saturated carbocycles. The van der Waals surface area contributed by atoms with Crippen LogP contribution in [0.2, 0.25) is 0 Å². The monoisotopic (exact) mass is 449 g/mol. The Morgan fingerprint density at radius 3 is 2.88 bits per heavy atom. The Kier molecular flexibility index (Phi) is 6.67. The summed E-state index contributed by atoms with van der Waals surface area (Å²) in [4.78, 5) is 36.3. The van der Waals surface area contributed by atoms with Gasteiger partial charge in [0.15, 0.2) is 5.69 Å². The third kappa shape index (κ3) is 4.87. The number of amides is 2. The number of aromatic nitrogens is 3. The summed E-state index contributed by atoms with van der Waals surface area (Å²) in [6.45, 7) is 4.92. The molecule has 33 heavy (non-hydrogen) atoms. The third-order valence-corrected chi connectivity index (χ3v) is 5.71. The molecule has 2 aromatic heterocycles. The molecule has 0 radical (unpaired) electrons. The maximum atomic E-state index is 12.8. The highest BCUT2D eigenvalue weighted by molar-refractivity contribution is 6.05. The normalized spacial score (nSPS) is 15.5. The first-order valence-electron chi connectivity index (χ1n) is 11.0. The minimum absolute atomic E-state index is 0.000918. The van der Waals surface area contributed by atoms with Crippen LogP contribution in [0.4, 0.5) is 5.69 Å². The van der Waals surface area contributed by atoms with Gasteiger partial charge in [0.2, 0.25) is 0 Å². The van der Waals surface area contributed by atoms with Crippen LogP contribution in [-0.4, -0.2) is 52.0 Å². The lowest BCUT2D eigenvalue weighted by molar-refractivity contribution is 0.0780. The van der Waals surface area contributed by atoms with E-state index in [-0.39, 0.29) is 17.7 Å². The second-order valence-corrected chi connectivity index (χ2v) is 8.05. The van der Waals surface area contributed by atoms with E-state index in [0.29, 0.717) is 47.3 Å². The second kappa shape index (κ2) is 9.81. The lowest BCUT2D eigenvalue weighted by Gasteiger charge is -2.15. The number of para-hydroxylation sites is 2. The molecule has 1 fully saturated rings. The number of nitrogens with one attached hydrogen (secondary N) is 1. The van der Waals surface area contributed by atoms with E-state index in [1.165, 1.54) is 0 Å². The maximum absolute atomic E-state index is 12.8. The van der Waals surface area contributed by atoms with Gasteiger partial charge in [0.1, 0.15) is 17.3 Å². The summed E-state index contributed by atoms with van der Waals surface area (Å²) in [5, 5.41) is 6.76. The molecule has 1 aliphatic heterocycles. The first-order chi connectivity index (χ1) is 16.0. The van der Waals surface area contributed by atoms with Crippen LogP contribution in [0.5, 0.6) is 5.75 Å². The van der Waals surface area contributed by atoms with Gasteiger partial charge in [-0.1, -0.05) is 24.2 Å². The third-order valence-electron chi connectivity index (χ3n) is 5.71. The van der Waals surface area contributed by atoms with Gasteiger partial charge in [-0.05, 0) is 31.9 Å². The van der Waals surface area contributed by atoms with E-state index in [1.807, 2.05) is 19.1 Å². The molecule has 1 aliphatic rings. The molecule has 1 saturated heterocycles. The number of ether oxygens (including phenoxy) is 1. The highest BCUT2D eigenvalue weighted by Gasteiger charge is 2.31. The number of likely N-dealkylation sites (tertiary alicyclic amines) is 1. The molecule has 1 aromatic carbocycles. The largest absolute Gasteiger partial charge is 0.495 e. The van der Waals surface area contributed by atoms with E-state index in [2.05, 4.69) is 20.4 Å². The summed E-state index contributed by atoms with van der Waals surface area (Å²) in [6.07, 6.45) is 3.98. The van der Waals surface area contributed by atoms with Crippen molar-refractivity contribution in [2.45, 2.75) is 39.0 Å². The van der Waals surface area contributed by atoms with Crippen molar-refractivity contribution in [3.63, 3.8) is 0 Å². The van der Waals surface area contributed by atoms with Crippen LogP contribution in [0.1, 0.15) is 63.8 Å². The first-order valence-corrected chi connectivity index (χ1v) is 11.0. The van der Waals surface area contributed by atoms with Crippen molar-refractivity contribution in [1.82, 2.24) is 20.0 Å². The maximum Gasteiger partial charge on any atom is 0.276 e. The van der Waals surface area contributed by atoms with E-state index in [1.54, 1.807) is 43.3 Å². The molecule has 1 atom stereocenters. The zero-order chi connectivity index (χ0) is 23.4. The summed E-state index contributed by atoms with van der Waals surface area (Å²) in [5.41, 5.74) is 1.88. The molecule has 3 aromatic rings. The van der Waals surface area contributed by atoms with E-state index in [9.17, 15) is 9.59 Å². The zero-order valence-corrected chi connectivity index (χ0v) is 19.0. The zero-order valence-electron chi connectivity index (χ0n) is 19.0. The molecule has 0 spiro atoms. The number of carbonyl (C=O) groups is 2. The molecule has 0 aliphatic carbocycles. The van der Waals surface area contributed by atoms with Gasteiger partial charge in [-0.3, -0.25) is 9.59 Å². The van der Waals surface area contributed by atoms with Crippen molar-refractivity contribution in [1.29, 1.82) is 0 Å². The van der Waals surface area contributed by atoms with Gasteiger partial charge < -0.3 is 19.5 Å². The van der Waals surface area contributed by atoms with E-state index >= 15 is 0 Å². The number of aryl methyl sites for hydroxylation is 2. The summed E-state index contributed by atoms with van der Waals surface area (Å²) in [6, 6.07) is 8.92. The van der Waals surface area contributed by atoms with E-state index in [4.69, 9.17) is 9.26 Å². The van der Waals surface area contributed by atoms with Crippen molar-refractivity contribution in [2.75, 3.05) is 25.5 Å². The van der Waals surface area contributed by atoms with Crippen LogP contribution in [0.25, 0.3) is 0 Å². The molecule has 9 nitrogen and oxygen atoms in total. The average molecular weight is 450 g/mol.